The normalized spacial score (nSPS) is 20.0. The second-order valence-corrected chi connectivity index (χ2v) is 6.35. The average Bonchev–Trinajstić information content (AvgIpc) is 2.75. The molecule has 1 aliphatic carbocycles. The maximum Gasteiger partial charge on any atom is 0.145 e. The Labute approximate surface area is 132 Å². The molecule has 2 nitrogen and oxygen atoms in total. The number of hydrogen-bond acceptors (Lipinski definition) is 2. The maximum absolute atomic E-state index is 14.2. The summed E-state index contributed by atoms with van der Waals surface area (Å²) in [7, 11) is 3.71. The van der Waals surface area contributed by atoms with Crippen LogP contribution in [0.15, 0.2) is 18.2 Å². The molecule has 1 saturated carbocycles. The summed E-state index contributed by atoms with van der Waals surface area (Å²) in [5, 5.41) is 3.54. The molecule has 0 bridgehead atoms. The molecule has 4 heteroatoms. The van der Waals surface area contributed by atoms with Crippen LogP contribution >= 0.6 is 11.6 Å². The molecule has 1 N–H and O–H groups in total. The van der Waals surface area contributed by atoms with E-state index in [-0.39, 0.29) is 22.5 Å². The zero-order valence-corrected chi connectivity index (χ0v) is 13.7. The standard InChI is InChI=1S/C17H25ClFNO/c1-20-15(12-13-8-7-9-14(18)16(13)19)17(21-2)10-5-3-4-6-11-17/h7-9,15,20H,3-6,10-12H2,1-2H3. The second-order valence-electron chi connectivity index (χ2n) is 5.94. The summed E-state index contributed by atoms with van der Waals surface area (Å²) in [6.07, 6.45) is 7.50. The summed E-state index contributed by atoms with van der Waals surface area (Å²) in [5.41, 5.74) is 0.447. The van der Waals surface area contributed by atoms with Gasteiger partial charge in [-0.15, -0.1) is 0 Å². The van der Waals surface area contributed by atoms with Crippen LogP contribution in [0.5, 0.6) is 0 Å². The van der Waals surface area contributed by atoms with Crippen molar-refractivity contribution in [1.82, 2.24) is 5.32 Å². The van der Waals surface area contributed by atoms with Gasteiger partial charge in [0.25, 0.3) is 0 Å². The molecular formula is C17H25ClFNO. The first-order chi connectivity index (χ1) is 10.1. The molecule has 0 aromatic heterocycles. The Balaban J connectivity index is 2.22. The van der Waals surface area contributed by atoms with E-state index in [0.717, 1.165) is 12.8 Å². The predicted molar refractivity (Wildman–Crippen MR) is 85.4 cm³/mol. The van der Waals surface area contributed by atoms with Crippen LogP contribution in [0.25, 0.3) is 0 Å². The molecule has 1 aromatic rings. The molecule has 1 unspecified atom stereocenters. The zero-order chi connectivity index (χ0) is 15.3. The van der Waals surface area contributed by atoms with Crippen LogP contribution in [0.2, 0.25) is 5.02 Å². The van der Waals surface area contributed by atoms with Gasteiger partial charge in [0, 0.05) is 13.2 Å². The van der Waals surface area contributed by atoms with Gasteiger partial charge in [0.05, 0.1) is 10.6 Å². The average molecular weight is 314 g/mol. The predicted octanol–water partition coefficient (Wildman–Crippen LogP) is 4.35. The Hall–Kier alpha value is -0.640. The molecular weight excluding hydrogens is 289 g/mol. The molecule has 118 valence electrons. The number of hydrogen-bond donors (Lipinski definition) is 1. The third-order valence-electron chi connectivity index (χ3n) is 4.80. The molecule has 1 atom stereocenters. The van der Waals surface area contributed by atoms with Crippen molar-refractivity contribution in [3.8, 4) is 0 Å². The van der Waals surface area contributed by atoms with Crippen molar-refractivity contribution in [2.75, 3.05) is 14.2 Å². The summed E-state index contributed by atoms with van der Waals surface area (Å²) in [4.78, 5) is 0. The highest BCUT2D eigenvalue weighted by atomic mass is 35.5. The smallest absolute Gasteiger partial charge is 0.145 e. The Morgan fingerprint density at radius 1 is 1.29 bits per heavy atom. The summed E-state index contributed by atoms with van der Waals surface area (Å²) in [5.74, 6) is -0.306. The topological polar surface area (TPSA) is 21.3 Å². The van der Waals surface area contributed by atoms with E-state index >= 15 is 0 Å². The van der Waals surface area contributed by atoms with E-state index in [2.05, 4.69) is 5.32 Å². The van der Waals surface area contributed by atoms with Gasteiger partial charge in [0.15, 0.2) is 0 Å². The molecule has 0 spiro atoms. The molecule has 0 saturated heterocycles. The highest BCUT2D eigenvalue weighted by molar-refractivity contribution is 6.30. The molecule has 1 fully saturated rings. The van der Waals surface area contributed by atoms with Crippen LogP contribution in [0.1, 0.15) is 44.1 Å². The summed E-state index contributed by atoms with van der Waals surface area (Å²) < 4.78 is 20.1. The minimum atomic E-state index is -0.306. The van der Waals surface area contributed by atoms with Crippen molar-refractivity contribution in [1.29, 1.82) is 0 Å². The van der Waals surface area contributed by atoms with Gasteiger partial charge in [-0.1, -0.05) is 49.4 Å². The van der Waals surface area contributed by atoms with Gasteiger partial charge < -0.3 is 10.1 Å². The van der Waals surface area contributed by atoms with E-state index in [1.54, 1.807) is 19.2 Å². The van der Waals surface area contributed by atoms with Crippen LogP contribution < -0.4 is 5.32 Å². The molecule has 0 aliphatic heterocycles. The van der Waals surface area contributed by atoms with E-state index in [9.17, 15) is 4.39 Å². The van der Waals surface area contributed by atoms with Crippen molar-refractivity contribution in [3.05, 3.63) is 34.6 Å². The van der Waals surface area contributed by atoms with Crippen molar-refractivity contribution < 1.29 is 9.13 Å². The van der Waals surface area contributed by atoms with Gasteiger partial charge in [0.1, 0.15) is 5.82 Å². The van der Waals surface area contributed by atoms with Crippen molar-refractivity contribution in [2.45, 2.75) is 56.6 Å². The minimum Gasteiger partial charge on any atom is -0.377 e. The molecule has 1 aliphatic rings. The van der Waals surface area contributed by atoms with E-state index in [1.807, 2.05) is 13.1 Å². The van der Waals surface area contributed by atoms with Gasteiger partial charge in [-0.3, -0.25) is 0 Å². The van der Waals surface area contributed by atoms with Crippen LogP contribution in [-0.4, -0.2) is 25.8 Å². The fourth-order valence-corrected chi connectivity index (χ4v) is 3.69. The van der Waals surface area contributed by atoms with E-state index < -0.39 is 0 Å². The highest BCUT2D eigenvalue weighted by Crippen LogP contribution is 2.34. The van der Waals surface area contributed by atoms with Crippen LogP contribution in [0.4, 0.5) is 4.39 Å². The number of benzene rings is 1. The van der Waals surface area contributed by atoms with Crippen LogP contribution in [0, 0.1) is 5.82 Å². The van der Waals surface area contributed by atoms with Crippen molar-refractivity contribution in [2.24, 2.45) is 0 Å². The van der Waals surface area contributed by atoms with E-state index in [1.165, 1.54) is 25.7 Å². The van der Waals surface area contributed by atoms with Crippen molar-refractivity contribution in [3.63, 3.8) is 0 Å². The summed E-state index contributed by atoms with van der Waals surface area (Å²) in [6, 6.07) is 5.30. The third-order valence-corrected chi connectivity index (χ3v) is 5.09. The summed E-state index contributed by atoms with van der Waals surface area (Å²) >= 11 is 5.89. The van der Waals surface area contributed by atoms with E-state index in [0.29, 0.717) is 12.0 Å². The third kappa shape index (κ3) is 3.77. The lowest BCUT2D eigenvalue weighted by Gasteiger charge is -2.39. The van der Waals surface area contributed by atoms with Crippen LogP contribution in [0.3, 0.4) is 0 Å². The first-order valence-corrected chi connectivity index (χ1v) is 8.16. The molecule has 0 radical (unpaired) electrons. The lowest BCUT2D eigenvalue weighted by molar-refractivity contribution is -0.0510. The van der Waals surface area contributed by atoms with Gasteiger partial charge >= 0.3 is 0 Å². The molecule has 21 heavy (non-hydrogen) atoms. The van der Waals surface area contributed by atoms with E-state index in [4.69, 9.17) is 16.3 Å². The van der Waals surface area contributed by atoms with Gasteiger partial charge in [-0.25, -0.2) is 4.39 Å². The lowest BCUT2D eigenvalue weighted by atomic mass is 9.82. The SMILES string of the molecule is CNC(Cc1cccc(Cl)c1F)C1(OC)CCCCCC1. The number of halogens is 2. The quantitative estimate of drug-likeness (QED) is 0.816. The van der Waals surface area contributed by atoms with Gasteiger partial charge in [0.2, 0.25) is 0 Å². The van der Waals surface area contributed by atoms with Gasteiger partial charge in [-0.2, -0.15) is 0 Å². The second kappa shape index (κ2) is 7.57. The highest BCUT2D eigenvalue weighted by Gasteiger charge is 2.38. The lowest BCUT2D eigenvalue weighted by Crippen LogP contribution is -2.52. The number of methoxy groups -OCH3 is 1. The minimum absolute atomic E-state index is 0.0913. The molecule has 0 amide bonds. The fraction of sp³-hybridized carbons (Fsp3) is 0.647. The summed E-state index contributed by atoms with van der Waals surface area (Å²) in [6.45, 7) is 0. The Kier molecular flexibility index (Phi) is 6.03. The Morgan fingerprint density at radius 2 is 1.95 bits per heavy atom. The number of ether oxygens (including phenoxy) is 1. The molecule has 2 rings (SSSR count). The number of nitrogens with one attached hydrogen (secondary N) is 1. The van der Waals surface area contributed by atoms with Crippen molar-refractivity contribution >= 4 is 11.6 Å². The Morgan fingerprint density at radius 3 is 2.52 bits per heavy atom. The van der Waals surface area contributed by atoms with Crippen LogP contribution in [-0.2, 0) is 11.2 Å². The zero-order valence-electron chi connectivity index (χ0n) is 12.9. The number of rotatable bonds is 5. The molecule has 1 aromatic carbocycles. The largest absolute Gasteiger partial charge is 0.377 e. The first-order valence-electron chi connectivity index (χ1n) is 7.78. The first kappa shape index (κ1) is 16.7. The maximum atomic E-state index is 14.2. The Bertz CT molecular complexity index is 458. The fourth-order valence-electron chi connectivity index (χ4n) is 3.50. The molecule has 0 heterocycles. The van der Waals surface area contributed by atoms with Gasteiger partial charge in [-0.05, 0) is 37.9 Å². The number of likely N-dealkylation sites (N-methyl/N-ethyl adjacent to an activating group) is 1. The monoisotopic (exact) mass is 313 g/mol.